The van der Waals surface area contributed by atoms with E-state index < -0.39 is 5.41 Å². The van der Waals surface area contributed by atoms with Crippen molar-refractivity contribution in [3.8, 4) is 0 Å². The van der Waals surface area contributed by atoms with Gasteiger partial charge in [0.05, 0.1) is 7.11 Å². The molecule has 0 radical (unpaired) electrons. The van der Waals surface area contributed by atoms with E-state index in [-0.39, 0.29) is 11.9 Å². The summed E-state index contributed by atoms with van der Waals surface area (Å²) in [6.07, 6.45) is 5.25. The van der Waals surface area contributed by atoms with Crippen molar-refractivity contribution < 1.29 is 19.1 Å². The Balaban J connectivity index is 1.75. The van der Waals surface area contributed by atoms with Crippen LogP contribution in [-0.2, 0) is 19.1 Å². The Morgan fingerprint density at radius 2 is 2.00 bits per heavy atom. The highest BCUT2D eigenvalue weighted by molar-refractivity contribution is 6.03. The van der Waals surface area contributed by atoms with Crippen LogP contribution in [0.2, 0.25) is 0 Å². The number of hydrogen-bond acceptors (Lipinski definition) is 4. The summed E-state index contributed by atoms with van der Waals surface area (Å²) in [4.78, 5) is 23.9. The molecule has 2 fully saturated rings. The second-order valence-corrected chi connectivity index (χ2v) is 5.53. The van der Waals surface area contributed by atoms with Crippen LogP contribution in [0.25, 0.3) is 0 Å². The first kappa shape index (κ1) is 14.3. The molecule has 1 aliphatic heterocycles. The quantitative estimate of drug-likeness (QED) is 0.603. The topological polar surface area (TPSA) is 64.6 Å². The molecule has 19 heavy (non-hydrogen) atoms. The van der Waals surface area contributed by atoms with Gasteiger partial charge in [-0.05, 0) is 38.0 Å². The predicted octanol–water partition coefficient (Wildman–Crippen LogP) is 1.26. The molecule has 1 N–H and O–H groups in total. The summed E-state index contributed by atoms with van der Waals surface area (Å²) in [5, 5.41) is 2.91. The average Bonchev–Trinajstić information content (AvgIpc) is 2.38. The molecule has 1 saturated carbocycles. The second kappa shape index (κ2) is 6.37. The summed E-state index contributed by atoms with van der Waals surface area (Å²) in [5.74, 6) is 0.0875. The maximum atomic E-state index is 12.2. The molecule has 1 amide bonds. The molecule has 108 valence electrons. The van der Waals surface area contributed by atoms with Gasteiger partial charge in [0, 0.05) is 19.8 Å². The predicted molar refractivity (Wildman–Crippen MR) is 69.5 cm³/mol. The number of nitrogens with one attached hydrogen (secondary N) is 1. The van der Waals surface area contributed by atoms with Gasteiger partial charge in [0.1, 0.15) is 5.41 Å². The lowest BCUT2D eigenvalue weighted by atomic mass is 9.68. The van der Waals surface area contributed by atoms with Crippen LogP contribution in [0, 0.1) is 11.3 Å². The summed E-state index contributed by atoms with van der Waals surface area (Å²) in [6.45, 7) is 2.29. The molecular formula is C14H23NO4. The third-order valence-corrected chi connectivity index (χ3v) is 4.40. The number of amides is 1. The van der Waals surface area contributed by atoms with E-state index in [1.165, 1.54) is 7.11 Å². The van der Waals surface area contributed by atoms with E-state index >= 15 is 0 Å². The molecule has 0 spiro atoms. The molecule has 5 nitrogen and oxygen atoms in total. The number of hydrogen-bond donors (Lipinski definition) is 1. The summed E-state index contributed by atoms with van der Waals surface area (Å²) in [6, 6.07) is 0. The molecule has 0 unspecified atom stereocenters. The highest BCUT2D eigenvalue weighted by Gasteiger charge is 2.51. The van der Waals surface area contributed by atoms with E-state index in [0.29, 0.717) is 25.3 Å². The summed E-state index contributed by atoms with van der Waals surface area (Å²) in [5.41, 5.74) is -0.898. The largest absolute Gasteiger partial charge is 0.468 e. The van der Waals surface area contributed by atoms with Gasteiger partial charge in [-0.2, -0.15) is 0 Å². The first-order valence-electron chi connectivity index (χ1n) is 7.13. The van der Waals surface area contributed by atoms with E-state index in [1.807, 2.05) is 0 Å². The van der Waals surface area contributed by atoms with Gasteiger partial charge >= 0.3 is 5.97 Å². The van der Waals surface area contributed by atoms with Gasteiger partial charge in [-0.15, -0.1) is 0 Å². The molecule has 1 aliphatic carbocycles. The van der Waals surface area contributed by atoms with Crippen molar-refractivity contribution in [2.24, 2.45) is 11.3 Å². The number of ether oxygens (including phenoxy) is 2. The van der Waals surface area contributed by atoms with E-state index in [2.05, 4.69) is 5.32 Å². The van der Waals surface area contributed by atoms with Gasteiger partial charge in [0.25, 0.3) is 0 Å². The van der Waals surface area contributed by atoms with Crippen LogP contribution in [0.1, 0.15) is 38.5 Å². The van der Waals surface area contributed by atoms with Crippen molar-refractivity contribution in [3.05, 3.63) is 0 Å². The zero-order chi connectivity index (χ0) is 13.7. The highest BCUT2D eigenvalue weighted by atomic mass is 16.5. The van der Waals surface area contributed by atoms with Crippen molar-refractivity contribution in [2.45, 2.75) is 38.5 Å². The Morgan fingerprint density at radius 1 is 1.32 bits per heavy atom. The van der Waals surface area contributed by atoms with E-state index in [9.17, 15) is 9.59 Å². The monoisotopic (exact) mass is 269 g/mol. The molecular weight excluding hydrogens is 246 g/mol. The molecule has 0 atom stereocenters. The van der Waals surface area contributed by atoms with E-state index in [0.717, 1.165) is 38.9 Å². The summed E-state index contributed by atoms with van der Waals surface area (Å²) in [7, 11) is 1.34. The van der Waals surface area contributed by atoms with Crippen LogP contribution in [0.4, 0.5) is 0 Å². The van der Waals surface area contributed by atoms with Crippen LogP contribution < -0.4 is 5.32 Å². The normalized spacial score (nSPS) is 22.4. The average molecular weight is 269 g/mol. The number of carbonyl (C=O) groups is 2. The maximum absolute atomic E-state index is 12.2. The fourth-order valence-corrected chi connectivity index (χ4v) is 2.84. The molecule has 0 aromatic heterocycles. The van der Waals surface area contributed by atoms with Crippen LogP contribution >= 0.6 is 0 Å². The fraction of sp³-hybridized carbons (Fsp3) is 0.857. The summed E-state index contributed by atoms with van der Waals surface area (Å²) < 4.78 is 10.1. The van der Waals surface area contributed by atoms with Gasteiger partial charge in [0.2, 0.25) is 5.91 Å². The lowest BCUT2D eigenvalue weighted by molar-refractivity contribution is -0.165. The van der Waals surface area contributed by atoms with E-state index in [1.54, 1.807) is 0 Å². The summed E-state index contributed by atoms with van der Waals surface area (Å²) >= 11 is 0. The molecule has 2 aliphatic rings. The molecule has 1 saturated heterocycles. The Bertz CT molecular complexity index is 332. The molecule has 0 aromatic carbocycles. The number of methoxy groups -OCH3 is 1. The fourth-order valence-electron chi connectivity index (χ4n) is 2.84. The molecule has 0 aromatic rings. The molecule has 2 rings (SSSR count). The van der Waals surface area contributed by atoms with Crippen molar-refractivity contribution in [2.75, 3.05) is 26.9 Å². The van der Waals surface area contributed by atoms with Crippen molar-refractivity contribution in [1.29, 1.82) is 0 Å². The highest BCUT2D eigenvalue weighted by Crippen LogP contribution is 2.42. The van der Waals surface area contributed by atoms with Gasteiger partial charge in [-0.3, -0.25) is 9.59 Å². The van der Waals surface area contributed by atoms with Crippen LogP contribution in [0.15, 0.2) is 0 Å². The first-order valence-corrected chi connectivity index (χ1v) is 7.13. The van der Waals surface area contributed by atoms with Gasteiger partial charge in [-0.25, -0.2) is 0 Å². The Kier molecular flexibility index (Phi) is 4.80. The van der Waals surface area contributed by atoms with E-state index in [4.69, 9.17) is 9.47 Å². The van der Waals surface area contributed by atoms with Crippen LogP contribution in [0.3, 0.4) is 0 Å². The second-order valence-electron chi connectivity index (χ2n) is 5.53. The molecule has 5 heteroatoms. The lowest BCUT2D eigenvalue weighted by Crippen LogP contribution is -2.51. The van der Waals surface area contributed by atoms with Gasteiger partial charge in [0.15, 0.2) is 0 Å². The smallest absolute Gasteiger partial charge is 0.321 e. The standard InChI is InChI=1S/C14H23NO4/c1-18-13(17)14(6-2-7-14)12(16)15-8-3-11-4-9-19-10-5-11/h11H,2-10H2,1H3,(H,15,16). The molecule has 1 heterocycles. The minimum absolute atomic E-state index is 0.155. The van der Waals surface area contributed by atoms with Crippen LogP contribution in [-0.4, -0.2) is 38.7 Å². The minimum Gasteiger partial charge on any atom is -0.468 e. The van der Waals surface area contributed by atoms with Crippen molar-refractivity contribution in [3.63, 3.8) is 0 Å². The van der Waals surface area contributed by atoms with Gasteiger partial charge < -0.3 is 14.8 Å². The van der Waals surface area contributed by atoms with Crippen molar-refractivity contribution in [1.82, 2.24) is 5.32 Å². The number of esters is 1. The molecule has 0 bridgehead atoms. The SMILES string of the molecule is COC(=O)C1(C(=O)NCCC2CCOCC2)CCC1. The first-order chi connectivity index (χ1) is 9.19. The third-order valence-electron chi connectivity index (χ3n) is 4.40. The maximum Gasteiger partial charge on any atom is 0.321 e. The zero-order valence-corrected chi connectivity index (χ0v) is 11.6. The Hall–Kier alpha value is -1.10. The Labute approximate surface area is 114 Å². The van der Waals surface area contributed by atoms with Crippen LogP contribution in [0.5, 0.6) is 0 Å². The third kappa shape index (κ3) is 3.08. The minimum atomic E-state index is -0.898. The van der Waals surface area contributed by atoms with Crippen molar-refractivity contribution >= 4 is 11.9 Å². The van der Waals surface area contributed by atoms with Gasteiger partial charge in [-0.1, -0.05) is 6.42 Å². The Morgan fingerprint density at radius 3 is 2.53 bits per heavy atom. The number of carbonyl (C=O) groups excluding carboxylic acids is 2. The lowest BCUT2D eigenvalue weighted by Gasteiger charge is -2.37. The zero-order valence-electron chi connectivity index (χ0n) is 11.6. The number of rotatable bonds is 5.